The van der Waals surface area contributed by atoms with Gasteiger partial charge in [-0.05, 0) is 66.6 Å². The van der Waals surface area contributed by atoms with Gasteiger partial charge in [0, 0.05) is 35.9 Å². The Morgan fingerprint density at radius 3 is 2.57 bits per heavy atom. The van der Waals surface area contributed by atoms with Crippen LogP contribution in [0.4, 0.5) is 5.95 Å². The maximum atomic E-state index is 5.96. The monoisotopic (exact) mass is 412 g/mol. The Morgan fingerprint density at radius 2 is 1.83 bits per heavy atom. The van der Waals surface area contributed by atoms with E-state index in [1.165, 1.54) is 12.8 Å². The van der Waals surface area contributed by atoms with Crippen molar-refractivity contribution < 1.29 is 0 Å². The van der Waals surface area contributed by atoms with Crippen molar-refractivity contribution in [3.05, 3.63) is 77.1 Å². The van der Waals surface area contributed by atoms with E-state index < -0.39 is 0 Å². The van der Waals surface area contributed by atoms with Gasteiger partial charge in [0.05, 0.1) is 11.0 Å². The lowest BCUT2D eigenvalue weighted by Gasteiger charge is -2.14. The number of nitrogens with zero attached hydrogens (tertiary/aromatic N) is 3. The third-order valence-electron chi connectivity index (χ3n) is 5.34. The number of rotatable bonds is 4. The number of anilines is 1. The van der Waals surface area contributed by atoms with Gasteiger partial charge in [-0.15, -0.1) is 0 Å². The predicted octanol–water partition coefficient (Wildman–Crippen LogP) is 5.52. The van der Waals surface area contributed by atoms with Gasteiger partial charge in [-0.25, -0.2) is 9.97 Å². The van der Waals surface area contributed by atoms with Crippen LogP contribution < -0.4 is 4.90 Å². The number of aromatic amines is 1. The number of aromatic nitrogens is 3. The molecule has 1 saturated carbocycles. The van der Waals surface area contributed by atoms with Crippen molar-refractivity contribution in [2.75, 3.05) is 18.5 Å². The zero-order chi connectivity index (χ0) is 20.5. The number of halogens is 1. The van der Waals surface area contributed by atoms with Crippen LogP contribution in [0.2, 0.25) is 5.02 Å². The molecule has 0 radical (unpaired) electrons. The number of imidazole rings is 1. The molecule has 0 atom stereocenters. The Kier molecular flexibility index (Phi) is 4.90. The van der Waals surface area contributed by atoms with Gasteiger partial charge in [-0.2, -0.15) is 0 Å². The van der Waals surface area contributed by atoms with E-state index in [1.54, 1.807) is 0 Å². The highest BCUT2D eigenvalue weighted by molar-refractivity contribution is 6.30. The van der Waals surface area contributed by atoms with E-state index in [-0.39, 0.29) is 0 Å². The first-order valence-corrected chi connectivity index (χ1v) is 10.5. The third kappa shape index (κ3) is 4.17. The third-order valence-corrected chi connectivity index (χ3v) is 5.59. The summed E-state index contributed by atoms with van der Waals surface area (Å²) in [7, 11) is 2.09. The lowest BCUT2D eigenvalue weighted by atomic mass is 10.1. The van der Waals surface area contributed by atoms with Gasteiger partial charge < -0.3 is 9.88 Å². The Balaban J connectivity index is 1.33. The fourth-order valence-electron chi connectivity index (χ4n) is 3.45. The minimum atomic E-state index is 0.727. The molecule has 148 valence electrons. The average Bonchev–Trinajstić information content (AvgIpc) is 3.47. The molecule has 0 spiro atoms. The van der Waals surface area contributed by atoms with Gasteiger partial charge in [-0.1, -0.05) is 35.7 Å². The second kappa shape index (κ2) is 7.85. The van der Waals surface area contributed by atoms with Crippen LogP contribution >= 0.6 is 11.6 Å². The molecule has 0 saturated heterocycles. The van der Waals surface area contributed by atoms with Crippen LogP contribution in [0.1, 0.15) is 24.1 Å². The van der Waals surface area contributed by atoms with Gasteiger partial charge in [0.1, 0.15) is 5.69 Å². The number of fused-ring (bicyclic) bond motifs is 1. The fraction of sp³-hybridized carbons (Fsp3) is 0.200. The van der Waals surface area contributed by atoms with E-state index in [0.717, 1.165) is 56.9 Å². The molecule has 5 heteroatoms. The van der Waals surface area contributed by atoms with Crippen molar-refractivity contribution in [3.63, 3.8) is 0 Å². The summed E-state index contributed by atoms with van der Waals surface area (Å²) in [5, 5.41) is 0.727. The first-order valence-electron chi connectivity index (χ1n) is 10.1. The van der Waals surface area contributed by atoms with Crippen LogP contribution in [0.5, 0.6) is 0 Å². The molecule has 2 aromatic carbocycles. The van der Waals surface area contributed by atoms with Gasteiger partial charge in [0.2, 0.25) is 5.95 Å². The summed E-state index contributed by atoms with van der Waals surface area (Å²) < 4.78 is 0. The highest BCUT2D eigenvalue weighted by Gasteiger charge is 2.23. The number of hydrogen-bond acceptors (Lipinski definition) is 3. The summed E-state index contributed by atoms with van der Waals surface area (Å²) in [6.07, 6.45) is 4.51. The van der Waals surface area contributed by atoms with Crippen molar-refractivity contribution >= 4 is 28.6 Å². The Bertz CT molecular complexity index is 1240. The minimum absolute atomic E-state index is 0.727. The summed E-state index contributed by atoms with van der Waals surface area (Å²) in [5.41, 5.74) is 5.76. The summed E-state index contributed by atoms with van der Waals surface area (Å²) in [6, 6.07) is 17.8. The molecule has 0 amide bonds. The topological polar surface area (TPSA) is 44.8 Å². The molecule has 1 aliphatic rings. The van der Waals surface area contributed by atoms with Crippen LogP contribution in [0.15, 0.2) is 60.8 Å². The number of pyridine rings is 1. The van der Waals surface area contributed by atoms with Gasteiger partial charge in [-0.3, -0.25) is 0 Å². The van der Waals surface area contributed by atoms with Crippen LogP contribution in [0.25, 0.3) is 22.2 Å². The van der Waals surface area contributed by atoms with Crippen molar-refractivity contribution in [1.82, 2.24) is 15.0 Å². The van der Waals surface area contributed by atoms with E-state index in [4.69, 9.17) is 16.6 Å². The Hall–Kier alpha value is -3.29. The number of hydrogen-bond donors (Lipinski definition) is 1. The molecular formula is C25H21ClN4. The molecule has 1 fully saturated rings. The van der Waals surface area contributed by atoms with Gasteiger partial charge in [0.15, 0.2) is 0 Å². The molecule has 2 heterocycles. The maximum Gasteiger partial charge on any atom is 0.203 e. The fourth-order valence-corrected chi connectivity index (χ4v) is 3.57. The average molecular weight is 413 g/mol. The first kappa shape index (κ1) is 18.7. The highest BCUT2D eigenvalue weighted by atomic mass is 35.5. The first-order chi connectivity index (χ1) is 14.6. The molecule has 2 aromatic heterocycles. The van der Waals surface area contributed by atoms with E-state index in [9.17, 15) is 0 Å². The van der Waals surface area contributed by atoms with Crippen LogP contribution in [-0.4, -0.2) is 28.5 Å². The molecule has 5 rings (SSSR count). The Morgan fingerprint density at radius 1 is 1.03 bits per heavy atom. The lowest BCUT2D eigenvalue weighted by molar-refractivity contribution is 0.771. The molecule has 0 bridgehead atoms. The highest BCUT2D eigenvalue weighted by Crippen LogP contribution is 2.30. The summed E-state index contributed by atoms with van der Waals surface area (Å²) >= 11 is 5.96. The SMILES string of the molecule is CN(CC1CC1)c1nc2ccc(C#Cc3ccc(-c4ccc(Cl)cc4)cn3)cc2[nH]1. The van der Waals surface area contributed by atoms with Crippen LogP contribution in [0, 0.1) is 17.8 Å². The number of benzene rings is 2. The van der Waals surface area contributed by atoms with Crippen LogP contribution in [0.3, 0.4) is 0 Å². The molecule has 4 aromatic rings. The maximum absolute atomic E-state index is 5.96. The Labute approximate surface area is 180 Å². The summed E-state index contributed by atoms with van der Waals surface area (Å²) in [6.45, 7) is 1.06. The van der Waals surface area contributed by atoms with Crippen molar-refractivity contribution in [2.45, 2.75) is 12.8 Å². The van der Waals surface area contributed by atoms with E-state index in [0.29, 0.717) is 0 Å². The van der Waals surface area contributed by atoms with Crippen molar-refractivity contribution in [3.8, 4) is 23.0 Å². The molecule has 0 unspecified atom stereocenters. The molecule has 0 aliphatic heterocycles. The summed E-state index contributed by atoms with van der Waals surface area (Å²) in [4.78, 5) is 14.8. The van der Waals surface area contributed by atoms with Crippen molar-refractivity contribution in [2.24, 2.45) is 5.92 Å². The van der Waals surface area contributed by atoms with Gasteiger partial charge >= 0.3 is 0 Å². The smallest absolute Gasteiger partial charge is 0.203 e. The predicted molar refractivity (Wildman–Crippen MR) is 123 cm³/mol. The lowest BCUT2D eigenvalue weighted by Crippen LogP contribution is -2.20. The minimum Gasteiger partial charge on any atom is -0.345 e. The van der Waals surface area contributed by atoms with E-state index in [1.807, 2.05) is 60.8 Å². The summed E-state index contributed by atoms with van der Waals surface area (Å²) in [5.74, 6) is 8.10. The molecular weight excluding hydrogens is 392 g/mol. The van der Waals surface area contributed by atoms with Crippen molar-refractivity contribution in [1.29, 1.82) is 0 Å². The zero-order valence-corrected chi connectivity index (χ0v) is 17.4. The second-order valence-electron chi connectivity index (χ2n) is 7.81. The molecule has 1 N–H and O–H groups in total. The quantitative estimate of drug-likeness (QED) is 0.448. The number of nitrogens with one attached hydrogen (secondary N) is 1. The normalized spacial score (nSPS) is 13.1. The second-order valence-corrected chi connectivity index (χ2v) is 8.24. The van der Waals surface area contributed by atoms with E-state index in [2.05, 4.69) is 33.8 Å². The largest absolute Gasteiger partial charge is 0.345 e. The molecule has 4 nitrogen and oxygen atoms in total. The molecule has 1 aliphatic carbocycles. The van der Waals surface area contributed by atoms with Crippen LogP contribution in [-0.2, 0) is 0 Å². The van der Waals surface area contributed by atoms with E-state index >= 15 is 0 Å². The molecule has 30 heavy (non-hydrogen) atoms. The number of H-pyrrole nitrogens is 1. The standard InChI is InChI=1S/C25H21ClN4/c1-30(16-18-2-3-18)25-28-23-13-5-17(14-24(23)29-25)4-11-22-12-8-20(15-27-22)19-6-9-21(26)10-7-19/h5-10,12-15,18H,2-3,16H2,1H3,(H,28,29). The zero-order valence-electron chi connectivity index (χ0n) is 16.7. The van der Waals surface area contributed by atoms with Gasteiger partial charge in [0.25, 0.3) is 0 Å².